The van der Waals surface area contributed by atoms with Crippen molar-refractivity contribution in [1.82, 2.24) is 4.90 Å². The number of rotatable bonds is 9. The molecule has 0 saturated heterocycles. The van der Waals surface area contributed by atoms with E-state index >= 15 is 0 Å². The van der Waals surface area contributed by atoms with E-state index in [1.165, 1.54) is 0 Å². The number of nitrogens with two attached hydrogens (primary N) is 1. The summed E-state index contributed by atoms with van der Waals surface area (Å²) in [4.78, 5) is 25.5. The molecule has 1 aromatic rings. The van der Waals surface area contributed by atoms with Gasteiger partial charge in [-0.15, -0.1) is 12.4 Å². The molecule has 6 nitrogen and oxygen atoms in total. The topological polar surface area (TPSA) is 84.7 Å². The SMILES string of the molecule is CCCC(N)C(=O)Nc1ccc(OCC(=O)N(CC)CC)c(Cl)c1.Cl. The summed E-state index contributed by atoms with van der Waals surface area (Å²) < 4.78 is 5.47. The van der Waals surface area contributed by atoms with Crippen molar-refractivity contribution in [2.45, 2.75) is 39.7 Å². The Balaban J connectivity index is 0.00000576. The second-order valence-electron chi connectivity index (χ2n) is 5.38. The molecule has 1 rings (SSSR count). The van der Waals surface area contributed by atoms with E-state index in [2.05, 4.69) is 5.32 Å². The zero-order valence-corrected chi connectivity index (χ0v) is 16.5. The molecule has 3 N–H and O–H groups in total. The van der Waals surface area contributed by atoms with Crippen molar-refractivity contribution >= 4 is 41.5 Å². The summed E-state index contributed by atoms with van der Waals surface area (Å²) >= 11 is 6.15. The fourth-order valence-electron chi connectivity index (χ4n) is 2.18. The average molecular weight is 392 g/mol. The lowest BCUT2D eigenvalue weighted by atomic mass is 10.1. The third-order valence-corrected chi connectivity index (χ3v) is 3.90. The third kappa shape index (κ3) is 7.50. The van der Waals surface area contributed by atoms with Gasteiger partial charge in [-0.3, -0.25) is 9.59 Å². The van der Waals surface area contributed by atoms with Gasteiger partial charge in [0.15, 0.2) is 6.61 Å². The molecule has 1 unspecified atom stereocenters. The number of hydrogen-bond acceptors (Lipinski definition) is 4. The van der Waals surface area contributed by atoms with Crippen molar-refractivity contribution in [2.24, 2.45) is 5.73 Å². The van der Waals surface area contributed by atoms with Crippen molar-refractivity contribution in [3.8, 4) is 5.75 Å². The Bertz CT molecular complexity index is 566. The molecule has 8 heteroatoms. The molecule has 0 aromatic heterocycles. The third-order valence-electron chi connectivity index (χ3n) is 3.60. The normalized spacial score (nSPS) is 11.2. The van der Waals surface area contributed by atoms with Crippen LogP contribution in [0.2, 0.25) is 5.02 Å². The minimum atomic E-state index is -0.545. The van der Waals surface area contributed by atoms with E-state index in [4.69, 9.17) is 22.1 Å². The highest BCUT2D eigenvalue weighted by Gasteiger charge is 2.14. The molecule has 1 atom stereocenters. The maximum Gasteiger partial charge on any atom is 0.260 e. The molecule has 2 amide bonds. The molecule has 0 aliphatic rings. The summed E-state index contributed by atoms with van der Waals surface area (Å²) in [5, 5.41) is 3.04. The number of anilines is 1. The molecule has 142 valence electrons. The highest BCUT2D eigenvalue weighted by atomic mass is 35.5. The Morgan fingerprint density at radius 3 is 2.44 bits per heavy atom. The maximum atomic E-state index is 11.9. The molecule has 25 heavy (non-hydrogen) atoms. The summed E-state index contributed by atoms with van der Waals surface area (Å²) in [6, 6.07) is 4.32. The average Bonchev–Trinajstić information content (AvgIpc) is 2.55. The minimum absolute atomic E-state index is 0. The minimum Gasteiger partial charge on any atom is -0.482 e. The molecule has 0 heterocycles. The van der Waals surface area contributed by atoms with Gasteiger partial charge in [-0.05, 0) is 38.5 Å². The number of nitrogens with one attached hydrogen (secondary N) is 1. The number of benzene rings is 1. The van der Waals surface area contributed by atoms with E-state index in [1.54, 1.807) is 23.1 Å². The fourth-order valence-corrected chi connectivity index (χ4v) is 2.41. The largest absolute Gasteiger partial charge is 0.482 e. The Morgan fingerprint density at radius 2 is 1.92 bits per heavy atom. The summed E-state index contributed by atoms with van der Waals surface area (Å²) in [6.45, 7) is 6.99. The van der Waals surface area contributed by atoms with Crippen LogP contribution in [0.25, 0.3) is 0 Å². The van der Waals surface area contributed by atoms with E-state index in [1.807, 2.05) is 20.8 Å². The number of likely N-dealkylation sites (N-methyl/N-ethyl adjacent to an activating group) is 1. The zero-order chi connectivity index (χ0) is 18.1. The molecule has 0 spiro atoms. The second kappa shape index (κ2) is 12.0. The van der Waals surface area contributed by atoms with Crippen LogP contribution in [-0.2, 0) is 9.59 Å². The number of amides is 2. The van der Waals surface area contributed by atoms with Crippen LogP contribution in [0.4, 0.5) is 5.69 Å². The van der Waals surface area contributed by atoms with Crippen LogP contribution in [-0.4, -0.2) is 42.5 Å². The van der Waals surface area contributed by atoms with E-state index in [0.717, 1.165) is 6.42 Å². The predicted octanol–water partition coefficient (Wildman–Crippen LogP) is 3.07. The monoisotopic (exact) mass is 391 g/mol. The van der Waals surface area contributed by atoms with Crippen LogP contribution in [0.3, 0.4) is 0 Å². The number of carbonyl (C=O) groups is 2. The maximum absolute atomic E-state index is 11.9. The first-order valence-electron chi connectivity index (χ1n) is 8.19. The summed E-state index contributed by atoms with van der Waals surface area (Å²) in [7, 11) is 0. The number of carbonyl (C=O) groups excluding carboxylic acids is 2. The van der Waals surface area contributed by atoms with Crippen LogP contribution in [0.1, 0.15) is 33.6 Å². The smallest absolute Gasteiger partial charge is 0.260 e. The van der Waals surface area contributed by atoms with Gasteiger partial charge < -0.3 is 20.7 Å². The van der Waals surface area contributed by atoms with E-state index in [-0.39, 0.29) is 30.8 Å². The lowest BCUT2D eigenvalue weighted by molar-refractivity contribution is -0.133. The van der Waals surface area contributed by atoms with Gasteiger partial charge in [-0.2, -0.15) is 0 Å². The van der Waals surface area contributed by atoms with Gasteiger partial charge in [0.2, 0.25) is 5.91 Å². The lowest BCUT2D eigenvalue weighted by Crippen LogP contribution is -2.35. The summed E-state index contributed by atoms with van der Waals surface area (Å²) in [5.74, 6) is 0.0466. The predicted molar refractivity (Wildman–Crippen MR) is 104 cm³/mol. The number of halogens is 2. The quantitative estimate of drug-likeness (QED) is 0.677. The van der Waals surface area contributed by atoms with Gasteiger partial charge in [-0.25, -0.2) is 0 Å². The molecule has 0 radical (unpaired) electrons. The zero-order valence-electron chi connectivity index (χ0n) is 14.9. The first kappa shape index (κ1) is 23.5. The van der Waals surface area contributed by atoms with Crippen molar-refractivity contribution in [1.29, 1.82) is 0 Å². The van der Waals surface area contributed by atoms with Crippen molar-refractivity contribution in [2.75, 3.05) is 25.0 Å². The van der Waals surface area contributed by atoms with Crippen molar-refractivity contribution in [3.63, 3.8) is 0 Å². The molecule has 1 aromatic carbocycles. The van der Waals surface area contributed by atoms with E-state index in [0.29, 0.717) is 36.0 Å². The Kier molecular flexibility index (Phi) is 11.2. The standard InChI is InChI=1S/C17H26ClN3O3.ClH/c1-4-7-14(19)17(23)20-12-8-9-15(13(18)10-12)24-11-16(22)21(5-2)6-3;/h8-10,14H,4-7,11,19H2,1-3H3,(H,20,23);1H. The fraction of sp³-hybridized carbons (Fsp3) is 0.529. The van der Waals surface area contributed by atoms with E-state index < -0.39 is 6.04 Å². The van der Waals surface area contributed by atoms with Gasteiger partial charge >= 0.3 is 0 Å². The highest BCUT2D eigenvalue weighted by Crippen LogP contribution is 2.27. The Labute approximate surface area is 160 Å². The first-order chi connectivity index (χ1) is 11.4. The van der Waals surface area contributed by atoms with Crippen LogP contribution < -0.4 is 15.8 Å². The van der Waals surface area contributed by atoms with Gasteiger partial charge in [0.05, 0.1) is 11.1 Å². The first-order valence-corrected chi connectivity index (χ1v) is 8.57. The summed E-state index contributed by atoms with van der Waals surface area (Å²) in [5.41, 5.74) is 6.31. The van der Waals surface area contributed by atoms with E-state index in [9.17, 15) is 9.59 Å². The highest BCUT2D eigenvalue weighted by molar-refractivity contribution is 6.32. The molecule has 0 saturated carbocycles. The number of ether oxygens (including phenoxy) is 1. The van der Waals surface area contributed by atoms with Gasteiger partial charge in [0.1, 0.15) is 5.75 Å². The van der Waals surface area contributed by atoms with Crippen molar-refractivity contribution < 1.29 is 14.3 Å². The molecule has 0 aliphatic heterocycles. The molecular weight excluding hydrogens is 365 g/mol. The van der Waals surface area contributed by atoms with Gasteiger partial charge in [-0.1, -0.05) is 24.9 Å². The van der Waals surface area contributed by atoms with Crippen LogP contribution in [0.5, 0.6) is 5.75 Å². The van der Waals surface area contributed by atoms with Crippen molar-refractivity contribution in [3.05, 3.63) is 23.2 Å². The molecule has 0 fully saturated rings. The summed E-state index contributed by atoms with van der Waals surface area (Å²) in [6.07, 6.45) is 1.46. The van der Waals surface area contributed by atoms with Crippen LogP contribution in [0, 0.1) is 0 Å². The Morgan fingerprint density at radius 1 is 1.28 bits per heavy atom. The van der Waals surface area contributed by atoms with Gasteiger partial charge in [0, 0.05) is 18.8 Å². The molecule has 0 aliphatic carbocycles. The molecule has 0 bridgehead atoms. The Hall–Kier alpha value is -1.50. The lowest BCUT2D eigenvalue weighted by Gasteiger charge is -2.19. The molecular formula is C17H27Cl2N3O3. The second-order valence-corrected chi connectivity index (χ2v) is 5.79. The number of nitrogens with zero attached hydrogens (tertiary/aromatic N) is 1. The van der Waals surface area contributed by atoms with Gasteiger partial charge in [0.25, 0.3) is 5.91 Å². The van der Waals surface area contributed by atoms with Crippen LogP contribution in [0.15, 0.2) is 18.2 Å². The number of hydrogen-bond donors (Lipinski definition) is 2. The van der Waals surface area contributed by atoms with Crippen LogP contribution >= 0.6 is 24.0 Å².